The van der Waals surface area contributed by atoms with E-state index in [-0.39, 0.29) is 16.8 Å². The Morgan fingerprint density at radius 3 is 2.25 bits per heavy atom. The fraction of sp³-hybridized carbons (Fsp3) is 0.143. The molecule has 0 aliphatic heterocycles. The number of methoxy groups -OCH3 is 1. The predicted octanol–water partition coefficient (Wildman–Crippen LogP) is 4.03. The smallest absolute Gasteiger partial charge is 0.284 e. The number of benzene rings is 2. The minimum atomic E-state index is -0.635. The molecule has 2 amide bonds. The maximum Gasteiger partial charge on any atom is 0.284 e. The van der Waals surface area contributed by atoms with Crippen molar-refractivity contribution in [2.45, 2.75) is 13.0 Å². The van der Waals surface area contributed by atoms with Crippen LogP contribution in [-0.2, 0) is 0 Å². The van der Waals surface area contributed by atoms with Gasteiger partial charge in [0.05, 0.1) is 22.9 Å². The molecular weight excluding hydrogens is 376 g/mol. The van der Waals surface area contributed by atoms with E-state index in [4.69, 9.17) is 9.94 Å². The largest absolute Gasteiger partial charge is 0.496 e. The SMILES string of the molecule is COc1ccccc1-c1ccc([C@@H](C)NC(=O)c2ccc(C(=O)NO)s2)cc1. The Labute approximate surface area is 166 Å². The maximum atomic E-state index is 12.4. The molecule has 0 aliphatic carbocycles. The van der Waals surface area contributed by atoms with Crippen molar-refractivity contribution in [2.75, 3.05) is 7.11 Å². The fourth-order valence-corrected chi connectivity index (χ4v) is 3.62. The van der Waals surface area contributed by atoms with Crippen molar-refractivity contribution in [1.29, 1.82) is 0 Å². The summed E-state index contributed by atoms with van der Waals surface area (Å²) in [6, 6.07) is 18.5. The normalized spacial score (nSPS) is 11.5. The van der Waals surface area contributed by atoms with Crippen LogP contribution in [0.3, 0.4) is 0 Å². The molecule has 0 radical (unpaired) electrons. The van der Waals surface area contributed by atoms with Crippen molar-refractivity contribution in [3.05, 3.63) is 76.0 Å². The number of carbonyl (C=O) groups is 2. The summed E-state index contributed by atoms with van der Waals surface area (Å²) in [6.07, 6.45) is 0. The van der Waals surface area contributed by atoms with Crippen LogP contribution in [0, 0.1) is 0 Å². The molecule has 144 valence electrons. The molecule has 3 rings (SSSR count). The van der Waals surface area contributed by atoms with E-state index in [9.17, 15) is 9.59 Å². The number of rotatable bonds is 6. The minimum Gasteiger partial charge on any atom is -0.496 e. The average molecular weight is 396 g/mol. The van der Waals surface area contributed by atoms with Crippen LogP contribution in [0.4, 0.5) is 0 Å². The first-order valence-corrected chi connectivity index (χ1v) is 9.43. The first kappa shape index (κ1) is 19.6. The third-order valence-corrected chi connectivity index (χ3v) is 5.41. The molecule has 0 fully saturated rings. The number of nitrogens with one attached hydrogen (secondary N) is 2. The third kappa shape index (κ3) is 4.21. The molecule has 0 saturated heterocycles. The lowest BCUT2D eigenvalue weighted by Gasteiger charge is -2.15. The molecule has 3 N–H and O–H groups in total. The lowest BCUT2D eigenvalue weighted by atomic mass is 10.0. The predicted molar refractivity (Wildman–Crippen MR) is 108 cm³/mol. The van der Waals surface area contributed by atoms with Crippen LogP contribution >= 0.6 is 11.3 Å². The van der Waals surface area contributed by atoms with Crippen molar-refractivity contribution < 1.29 is 19.5 Å². The van der Waals surface area contributed by atoms with Crippen LogP contribution in [0.5, 0.6) is 5.75 Å². The lowest BCUT2D eigenvalue weighted by Crippen LogP contribution is -2.25. The fourth-order valence-electron chi connectivity index (χ4n) is 2.82. The van der Waals surface area contributed by atoms with E-state index in [1.54, 1.807) is 18.7 Å². The summed E-state index contributed by atoms with van der Waals surface area (Å²) in [5, 5.41) is 11.6. The molecule has 0 bridgehead atoms. The highest BCUT2D eigenvalue weighted by Gasteiger charge is 2.16. The topological polar surface area (TPSA) is 87.7 Å². The van der Waals surface area contributed by atoms with Gasteiger partial charge in [0.15, 0.2) is 0 Å². The number of amides is 2. The zero-order chi connectivity index (χ0) is 20.1. The van der Waals surface area contributed by atoms with E-state index in [0.717, 1.165) is 33.8 Å². The highest BCUT2D eigenvalue weighted by atomic mass is 32.1. The van der Waals surface area contributed by atoms with Crippen molar-refractivity contribution in [3.8, 4) is 16.9 Å². The van der Waals surface area contributed by atoms with Gasteiger partial charge in [0.25, 0.3) is 11.8 Å². The summed E-state index contributed by atoms with van der Waals surface area (Å²) in [4.78, 5) is 24.5. The highest BCUT2D eigenvalue weighted by molar-refractivity contribution is 7.15. The first-order valence-electron chi connectivity index (χ1n) is 8.62. The van der Waals surface area contributed by atoms with Gasteiger partial charge in [0.2, 0.25) is 0 Å². The van der Waals surface area contributed by atoms with Gasteiger partial charge in [-0.3, -0.25) is 14.8 Å². The Morgan fingerprint density at radius 2 is 1.61 bits per heavy atom. The van der Waals surface area contributed by atoms with Crippen LogP contribution in [0.15, 0.2) is 60.7 Å². The average Bonchev–Trinajstić information content (AvgIpc) is 3.23. The summed E-state index contributed by atoms with van der Waals surface area (Å²) >= 11 is 1.02. The summed E-state index contributed by atoms with van der Waals surface area (Å²) in [5.41, 5.74) is 4.54. The molecule has 28 heavy (non-hydrogen) atoms. The summed E-state index contributed by atoms with van der Waals surface area (Å²) in [6.45, 7) is 1.89. The number of carbonyl (C=O) groups excluding carboxylic acids is 2. The van der Waals surface area contributed by atoms with E-state index in [0.29, 0.717) is 4.88 Å². The zero-order valence-corrected chi connectivity index (χ0v) is 16.2. The van der Waals surface area contributed by atoms with Crippen LogP contribution in [0.1, 0.15) is 37.9 Å². The molecule has 7 heteroatoms. The van der Waals surface area contributed by atoms with E-state index in [1.165, 1.54) is 6.07 Å². The number of thiophene rings is 1. The van der Waals surface area contributed by atoms with Gasteiger partial charge in [-0.05, 0) is 36.2 Å². The van der Waals surface area contributed by atoms with Gasteiger partial charge in [-0.15, -0.1) is 11.3 Å². The van der Waals surface area contributed by atoms with Gasteiger partial charge >= 0.3 is 0 Å². The van der Waals surface area contributed by atoms with Gasteiger partial charge < -0.3 is 10.1 Å². The molecule has 0 spiro atoms. The number of para-hydroxylation sites is 1. The second-order valence-corrected chi connectivity index (χ2v) is 7.21. The van der Waals surface area contributed by atoms with Gasteiger partial charge in [-0.25, -0.2) is 5.48 Å². The first-order chi connectivity index (χ1) is 13.5. The summed E-state index contributed by atoms with van der Waals surface area (Å²) < 4.78 is 5.41. The van der Waals surface area contributed by atoms with Crippen LogP contribution in [0.2, 0.25) is 0 Å². The molecule has 3 aromatic rings. The second kappa shape index (κ2) is 8.69. The maximum absolute atomic E-state index is 12.4. The minimum absolute atomic E-state index is 0.212. The second-order valence-electron chi connectivity index (χ2n) is 6.12. The van der Waals surface area contributed by atoms with Crippen LogP contribution in [0.25, 0.3) is 11.1 Å². The number of ether oxygens (including phenoxy) is 1. The van der Waals surface area contributed by atoms with Crippen LogP contribution < -0.4 is 15.5 Å². The molecule has 1 aromatic heterocycles. The van der Waals surface area contributed by atoms with Crippen LogP contribution in [-0.4, -0.2) is 24.1 Å². The molecule has 1 atom stereocenters. The van der Waals surface area contributed by atoms with Crippen molar-refractivity contribution in [1.82, 2.24) is 10.8 Å². The van der Waals surface area contributed by atoms with E-state index in [1.807, 2.05) is 55.5 Å². The highest BCUT2D eigenvalue weighted by Crippen LogP contribution is 2.30. The van der Waals surface area contributed by atoms with E-state index < -0.39 is 5.91 Å². The van der Waals surface area contributed by atoms with Crippen molar-refractivity contribution >= 4 is 23.2 Å². The molecule has 6 nitrogen and oxygen atoms in total. The van der Waals surface area contributed by atoms with E-state index >= 15 is 0 Å². The molecule has 2 aromatic carbocycles. The Balaban J connectivity index is 1.71. The van der Waals surface area contributed by atoms with E-state index in [2.05, 4.69) is 5.32 Å². The molecule has 1 heterocycles. The molecule has 0 aliphatic rings. The van der Waals surface area contributed by atoms with Gasteiger partial charge in [0, 0.05) is 5.56 Å². The summed E-state index contributed by atoms with van der Waals surface area (Å²) in [5.74, 6) is -0.107. The lowest BCUT2D eigenvalue weighted by molar-refractivity contribution is 0.0711. The van der Waals surface area contributed by atoms with Gasteiger partial charge in [-0.1, -0.05) is 42.5 Å². The number of hydroxylamine groups is 1. The quantitative estimate of drug-likeness (QED) is 0.434. The number of hydrogen-bond acceptors (Lipinski definition) is 5. The molecule has 0 saturated carbocycles. The Hall–Kier alpha value is -3.16. The number of hydrogen-bond donors (Lipinski definition) is 3. The molecular formula is C21H20N2O4S. The monoisotopic (exact) mass is 396 g/mol. The summed E-state index contributed by atoms with van der Waals surface area (Å²) in [7, 11) is 1.64. The zero-order valence-electron chi connectivity index (χ0n) is 15.4. The Bertz CT molecular complexity index is 982. The van der Waals surface area contributed by atoms with Gasteiger partial charge in [0.1, 0.15) is 5.75 Å². The standard InChI is InChI=1S/C21H20N2O4S/c1-13(22-20(24)18-11-12-19(28-18)21(25)23-26)14-7-9-15(10-8-14)16-5-3-4-6-17(16)27-2/h3-13,26H,1-2H3,(H,22,24)(H,23,25)/t13-/m1/s1. The van der Waals surface area contributed by atoms with Gasteiger partial charge in [-0.2, -0.15) is 0 Å². The molecule has 0 unspecified atom stereocenters. The Morgan fingerprint density at radius 1 is 0.964 bits per heavy atom. The van der Waals surface area contributed by atoms with Crippen molar-refractivity contribution in [3.63, 3.8) is 0 Å². The third-order valence-electron chi connectivity index (χ3n) is 4.33. The van der Waals surface area contributed by atoms with Crippen molar-refractivity contribution in [2.24, 2.45) is 0 Å². The Kier molecular flexibility index (Phi) is 6.08.